The molecule has 0 saturated heterocycles. The number of benzene rings is 2. The van der Waals surface area contributed by atoms with E-state index in [1.165, 1.54) is 0 Å². The number of hydrogen-bond donors (Lipinski definition) is 3. The molecule has 7 nitrogen and oxygen atoms in total. The van der Waals surface area contributed by atoms with Gasteiger partial charge in [0, 0.05) is 24.4 Å². The second-order valence-corrected chi connectivity index (χ2v) is 7.44. The van der Waals surface area contributed by atoms with E-state index in [0.29, 0.717) is 23.6 Å². The van der Waals surface area contributed by atoms with E-state index in [2.05, 4.69) is 15.6 Å². The number of hydrogen-bond acceptors (Lipinski definition) is 5. The molecule has 0 aromatic heterocycles. The molecule has 0 heterocycles. The van der Waals surface area contributed by atoms with E-state index in [-0.39, 0.29) is 24.3 Å². The number of phenolic OH excluding ortho intramolecular Hbond substituents is 1. The first kappa shape index (κ1) is 22.1. The van der Waals surface area contributed by atoms with Crippen LogP contribution in [0.5, 0.6) is 11.5 Å². The highest BCUT2D eigenvalue weighted by Gasteiger charge is 2.19. The van der Waals surface area contributed by atoms with Gasteiger partial charge in [0.1, 0.15) is 11.5 Å². The minimum absolute atomic E-state index is 0.0298. The highest BCUT2D eigenvalue weighted by molar-refractivity contribution is 6.12. The number of aryl methyl sites for hydroxylation is 1. The van der Waals surface area contributed by atoms with Crippen LogP contribution in [0.15, 0.2) is 53.5 Å². The number of aromatic hydroxyl groups is 1. The van der Waals surface area contributed by atoms with Gasteiger partial charge in [0.15, 0.2) is 6.61 Å². The van der Waals surface area contributed by atoms with E-state index in [9.17, 15) is 14.7 Å². The topological polar surface area (TPSA) is 100 Å². The number of nitrogens with one attached hydrogen (secondary N) is 2. The van der Waals surface area contributed by atoms with E-state index in [4.69, 9.17) is 4.74 Å². The smallest absolute Gasteiger partial charge is 0.258 e. The Bertz CT molecular complexity index is 992. The summed E-state index contributed by atoms with van der Waals surface area (Å²) in [7, 11) is 1.66. The molecule has 3 N–H and O–H groups in total. The molecule has 1 saturated carbocycles. The third kappa shape index (κ3) is 5.94. The predicted octanol–water partition coefficient (Wildman–Crippen LogP) is 2.95. The number of aliphatic imine (C=N–C) groups is 1. The fourth-order valence-corrected chi connectivity index (χ4v) is 3.20. The van der Waals surface area contributed by atoms with Gasteiger partial charge in [-0.2, -0.15) is 0 Å². The van der Waals surface area contributed by atoms with Gasteiger partial charge in [-0.05, 0) is 85.9 Å². The van der Waals surface area contributed by atoms with Gasteiger partial charge in [0.05, 0.1) is 5.71 Å². The molecule has 2 amide bonds. The molecule has 0 aliphatic heterocycles. The van der Waals surface area contributed by atoms with E-state index >= 15 is 0 Å². The monoisotopic (exact) mass is 421 g/mol. The van der Waals surface area contributed by atoms with Crippen molar-refractivity contribution < 1.29 is 19.4 Å². The van der Waals surface area contributed by atoms with Crippen LogP contribution in [0.4, 0.5) is 0 Å². The van der Waals surface area contributed by atoms with Crippen LogP contribution in [-0.4, -0.2) is 42.8 Å². The molecule has 1 aliphatic carbocycles. The van der Waals surface area contributed by atoms with Crippen molar-refractivity contribution in [1.29, 1.82) is 0 Å². The highest BCUT2D eigenvalue weighted by Crippen LogP contribution is 2.21. The summed E-state index contributed by atoms with van der Waals surface area (Å²) in [5.74, 6) is 0.660. The van der Waals surface area contributed by atoms with Crippen molar-refractivity contribution in [2.75, 3.05) is 13.7 Å². The quantitative estimate of drug-likeness (QED) is 0.428. The first-order valence-electron chi connectivity index (χ1n) is 10.2. The molecule has 1 aliphatic rings. The Hall–Kier alpha value is -3.61. The minimum Gasteiger partial charge on any atom is -0.508 e. The SMILES string of the molecule is CN=C(/C=C(\NC=O)c1ccc(OCC(=O)NC2CCC2)cc1)c1ccc(O)c(C)c1. The molecule has 2 aromatic rings. The van der Waals surface area contributed by atoms with E-state index in [0.717, 1.165) is 36.0 Å². The maximum atomic E-state index is 11.9. The van der Waals surface area contributed by atoms with Gasteiger partial charge in [-0.3, -0.25) is 14.6 Å². The maximum Gasteiger partial charge on any atom is 0.258 e. The normalized spacial score (nSPS) is 14.5. The summed E-state index contributed by atoms with van der Waals surface area (Å²) < 4.78 is 5.56. The van der Waals surface area contributed by atoms with Gasteiger partial charge < -0.3 is 20.5 Å². The zero-order chi connectivity index (χ0) is 22.2. The Morgan fingerprint density at radius 2 is 1.90 bits per heavy atom. The second kappa shape index (κ2) is 10.4. The summed E-state index contributed by atoms with van der Waals surface area (Å²) in [6, 6.07) is 12.6. The number of phenols is 1. The summed E-state index contributed by atoms with van der Waals surface area (Å²) in [5.41, 5.74) is 3.53. The summed E-state index contributed by atoms with van der Waals surface area (Å²) in [5, 5.41) is 15.4. The summed E-state index contributed by atoms with van der Waals surface area (Å²) in [6.07, 6.45) is 5.60. The van der Waals surface area contributed by atoms with Crippen molar-refractivity contribution in [3.05, 3.63) is 65.2 Å². The number of rotatable bonds is 9. The van der Waals surface area contributed by atoms with Crippen LogP contribution >= 0.6 is 0 Å². The molecule has 0 atom stereocenters. The van der Waals surface area contributed by atoms with Crippen molar-refractivity contribution in [2.45, 2.75) is 32.2 Å². The van der Waals surface area contributed by atoms with E-state index < -0.39 is 0 Å². The molecule has 7 heteroatoms. The van der Waals surface area contributed by atoms with Crippen LogP contribution in [-0.2, 0) is 9.59 Å². The van der Waals surface area contributed by atoms with Gasteiger partial charge in [-0.25, -0.2) is 0 Å². The Balaban J connectivity index is 1.71. The van der Waals surface area contributed by atoms with Crippen LogP contribution in [0.25, 0.3) is 5.70 Å². The Kier molecular flexibility index (Phi) is 7.43. The number of amides is 2. The number of allylic oxidation sites excluding steroid dienone is 1. The van der Waals surface area contributed by atoms with E-state index in [1.54, 1.807) is 49.5 Å². The number of carbonyl (C=O) groups is 2. The first-order chi connectivity index (χ1) is 15.0. The molecule has 2 aromatic carbocycles. The summed E-state index contributed by atoms with van der Waals surface area (Å²) >= 11 is 0. The van der Waals surface area contributed by atoms with Gasteiger partial charge in [0.2, 0.25) is 6.41 Å². The number of nitrogens with zero attached hydrogens (tertiary/aromatic N) is 1. The Morgan fingerprint density at radius 1 is 1.19 bits per heavy atom. The standard InChI is InChI=1S/C24H27N3O4/c1-16-12-18(8-11-23(16)29)21(25-2)13-22(26-15-28)17-6-9-20(10-7-17)31-14-24(30)27-19-4-3-5-19/h6-13,15,19,29H,3-5,14H2,1-2H3,(H,26,28)(H,27,30)/b22-13-,25-21?. The van der Waals surface area contributed by atoms with Crippen LogP contribution in [0.1, 0.15) is 36.0 Å². The molecule has 0 radical (unpaired) electrons. The average molecular weight is 421 g/mol. The zero-order valence-corrected chi connectivity index (χ0v) is 17.7. The zero-order valence-electron chi connectivity index (χ0n) is 17.7. The largest absolute Gasteiger partial charge is 0.508 e. The van der Waals surface area contributed by atoms with Gasteiger partial charge in [-0.1, -0.05) is 0 Å². The minimum atomic E-state index is -0.120. The maximum absolute atomic E-state index is 11.9. The van der Waals surface area contributed by atoms with Gasteiger partial charge >= 0.3 is 0 Å². The van der Waals surface area contributed by atoms with E-state index in [1.807, 2.05) is 13.0 Å². The van der Waals surface area contributed by atoms with Crippen molar-refractivity contribution in [3.63, 3.8) is 0 Å². The van der Waals surface area contributed by atoms with Crippen molar-refractivity contribution in [1.82, 2.24) is 10.6 Å². The Labute approximate surface area is 181 Å². The molecule has 0 bridgehead atoms. The second-order valence-electron chi connectivity index (χ2n) is 7.44. The van der Waals surface area contributed by atoms with Gasteiger partial charge in [0.25, 0.3) is 5.91 Å². The lowest BCUT2D eigenvalue weighted by atomic mass is 9.93. The van der Waals surface area contributed by atoms with Crippen LogP contribution in [0.2, 0.25) is 0 Å². The lowest BCUT2D eigenvalue weighted by Crippen LogP contribution is -2.41. The van der Waals surface area contributed by atoms with Crippen molar-refractivity contribution in [2.24, 2.45) is 4.99 Å². The number of ether oxygens (including phenoxy) is 1. The van der Waals surface area contributed by atoms with Crippen molar-refractivity contribution in [3.8, 4) is 11.5 Å². The molecular formula is C24H27N3O4. The molecule has 162 valence electrons. The third-order valence-electron chi connectivity index (χ3n) is 5.23. The van der Waals surface area contributed by atoms with Crippen LogP contribution in [0, 0.1) is 6.92 Å². The summed E-state index contributed by atoms with van der Waals surface area (Å²) in [4.78, 5) is 27.4. The fourth-order valence-electron chi connectivity index (χ4n) is 3.20. The van der Waals surface area contributed by atoms with Crippen LogP contribution in [0.3, 0.4) is 0 Å². The molecule has 0 unspecified atom stereocenters. The lowest BCUT2D eigenvalue weighted by Gasteiger charge is -2.26. The molecule has 3 rings (SSSR count). The average Bonchev–Trinajstić information content (AvgIpc) is 2.75. The Morgan fingerprint density at radius 3 is 2.48 bits per heavy atom. The third-order valence-corrected chi connectivity index (χ3v) is 5.23. The number of carbonyl (C=O) groups excluding carboxylic acids is 2. The highest BCUT2D eigenvalue weighted by atomic mass is 16.5. The predicted molar refractivity (Wildman–Crippen MR) is 120 cm³/mol. The lowest BCUT2D eigenvalue weighted by molar-refractivity contribution is -0.124. The van der Waals surface area contributed by atoms with Crippen LogP contribution < -0.4 is 15.4 Å². The summed E-state index contributed by atoms with van der Waals surface area (Å²) in [6.45, 7) is 1.78. The molecule has 1 fully saturated rings. The molecular weight excluding hydrogens is 394 g/mol. The fraction of sp³-hybridized carbons (Fsp3) is 0.292. The van der Waals surface area contributed by atoms with Crippen molar-refractivity contribution >= 4 is 23.7 Å². The molecule has 0 spiro atoms. The van der Waals surface area contributed by atoms with Gasteiger partial charge in [-0.15, -0.1) is 0 Å². The molecule has 31 heavy (non-hydrogen) atoms. The first-order valence-corrected chi connectivity index (χ1v) is 10.2.